The summed E-state index contributed by atoms with van der Waals surface area (Å²) < 4.78 is 5.09. The standard InChI is InChI=1S/C16H25NO2/c1-6-16(3,4)11-17-15(18)14-8-7-13(10-19-5)9-12(14)2/h7-9H,6,10-11H2,1-5H3,(H,17,18). The van der Waals surface area contributed by atoms with Crippen LogP contribution in [0.4, 0.5) is 0 Å². The molecule has 1 aromatic carbocycles. The van der Waals surface area contributed by atoms with Gasteiger partial charge in [0.25, 0.3) is 5.91 Å². The Morgan fingerprint density at radius 3 is 2.58 bits per heavy atom. The zero-order valence-corrected chi connectivity index (χ0v) is 12.7. The summed E-state index contributed by atoms with van der Waals surface area (Å²) >= 11 is 0. The van der Waals surface area contributed by atoms with Gasteiger partial charge in [0, 0.05) is 19.2 Å². The van der Waals surface area contributed by atoms with Crippen LogP contribution < -0.4 is 5.32 Å². The molecule has 0 bridgehead atoms. The zero-order chi connectivity index (χ0) is 14.5. The second-order valence-corrected chi connectivity index (χ2v) is 5.78. The maximum absolute atomic E-state index is 12.2. The first-order valence-corrected chi connectivity index (χ1v) is 6.76. The molecule has 0 aromatic heterocycles. The molecule has 19 heavy (non-hydrogen) atoms. The van der Waals surface area contributed by atoms with Gasteiger partial charge >= 0.3 is 0 Å². The summed E-state index contributed by atoms with van der Waals surface area (Å²) in [4.78, 5) is 12.2. The van der Waals surface area contributed by atoms with E-state index in [-0.39, 0.29) is 11.3 Å². The molecular formula is C16H25NO2. The van der Waals surface area contributed by atoms with Crippen molar-refractivity contribution in [3.05, 3.63) is 34.9 Å². The molecule has 0 saturated heterocycles. The quantitative estimate of drug-likeness (QED) is 0.855. The monoisotopic (exact) mass is 263 g/mol. The second kappa shape index (κ2) is 6.71. The number of rotatable bonds is 6. The van der Waals surface area contributed by atoms with E-state index in [0.717, 1.165) is 23.1 Å². The lowest BCUT2D eigenvalue weighted by atomic mass is 9.90. The number of ether oxygens (including phenoxy) is 1. The van der Waals surface area contributed by atoms with Crippen LogP contribution >= 0.6 is 0 Å². The number of hydrogen-bond acceptors (Lipinski definition) is 2. The van der Waals surface area contributed by atoms with Crippen LogP contribution in [-0.2, 0) is 11.3 Å². The summed E-state index contributed by atoms with van der Waals surface area (Å²) in [6.07, 6.45) is 1.04. The van der Waals surface area contributed by atoms with Crippen molar-refractivity contribution in [3.63, 3.8) is 0 Å². The number of aryl methyl sites for hydroxylation is 1. The van der Waals surface area contributed by atoms with Crippen LogP contribution in [0.1, 0.15) is 48.7 Å². The van der Waals surface area contributed by atoms with Gasteiger partial charge in [0.05, 0.1) is 6.61 Å². The minimum atomic E-state index is 0.00277. The van der Waals surface area contributed by atoms with Crippen LogP contribution in [0.15, 0.2) is 18.2 Å². The van der Waals surface area contributed by atoms with Crippen molar-refractivity contribution < 1.29 is 9.53 Å². The molecule has 0 aliphatic carbocycles. The molecule has 0 heterocycles. The molecule has 106 valence electrons. The van der Waals surface area contributed by atoms with Gasteiger partial charge in [0.2, 0.25) is 0 Å². The molecule has 1 rings (SSSR count). The Kier molecular flexibility index (Phi) is 5.55. The van der Waals surface area contributed by atoms with Crippen molar-refractivity contribution in [1.82, 2.24) is 5.32 Å². The summed E-state index contributed by atoms with van der Waals surface area (Å²) in [6.45, 7) is 9.67. The van der Waals surface area contributed by atoms with Crippen LogP contribution in [-0.4, -0.2) is 19.6 Å². The van der Waals surface area contributed by atoms with E-state index in [9.17, 15) is 4.79 Å². The topological polar surface area (TPSA) is 38.3 Å². The molecule has 0 aliphatic rings. The summed E-state index contributed by atoms with van der Waals surface area (Å²) in [5.41, 5.74) is 2.96. The predicted octanol–water partition coefficient (Wildman–Crippen LogP) is 3.31. The van der Waals surface area contributed by atoms with E-state index >= 15 is 0 Å². The number of amides is 1. The van der Waals surface area contributed by atoms with E-state index in [1.165, 1.54) is 0 Å². The molecule has 3 nitrogen and oxygen atoms in total. The van der Waals surface area contributed by atoms with Crippen LogP contribution in [0, 0.1) is 12.3 Å². The number of nitrogens with one attached hydrogen (secondary N) is 1. The molecule has 0 atom stereocenters. The van der Waals surface area contributed by atoms with E-state index < -0.39 is 0 Å². The summed E-state index contributed by atoms with van der Waals surface area (Å²) in [6, 6.07) is 5.82. The molecule has 1 aromatic rings. The summed E-state index contributed by atoms with van der Waals surface area (Å²) in [5.74, 6) is 0.00277. The van der Waals surface area contributed by atoms with Gasteiger partial charge in [-0.2, -0.15) is 0 Å². The van der Waals surface area contributed by atoms with Gasteiger partial charge in [-0.05, 0) is 36.0 Å². The van der Waals surface area contributed by atoms with Crippen molar-refractivity contribution in [1.29, 1.82) is 0 Å². The van der Waals surface area contributed by atoms with Gasteiger partial charge < -0.3 is 10.1 Å². The molecule has 0 radical (unpaired) electrons. The highest BCUT2D eigenvalue weighted by Crippen LogP contribution is 2.18. The minimum absolute atomic E-state index is 0.00277. The van der Waals surface area contributed by atoms with Gasteiger partial charge in [0.15, 0.2) is 0 Å². The smallest absolute Gasteiger partial charge is 0.251 e. The fourth-order valence-corrected chi connectivity index (χ4v) is 1.78. The normalized spacial score (nSPS) is 11.4. The number of benzene rings is 1. The highest BCUT2D eigenvalue weighted by molar-refractivity contribution is 5.95. The fourth-order valence-electron chi connectivity index (χ4n) is 1.78. The molecule has 0 unspecified atom stereocenters. The molecule has 0 fully saturated rings. The lowest BCUT2D eigenvalue weighted by Gasteiger charge is -2.23. The Labute approximate surface area is 116 Å². The molecule has 0 aliphatic heterocycles. The third kappa shape index (κ3) is 4.67. The number of hydrogen-bond donors (Lipinski definition) is 1. The minimum Gasteiger partial charge on any atom is -0.380 e. The van der Waals surface area contributed by atoms with Crippen LogP contribution in [0.25, 0.3) is 0 Å². The molecule has 0 spiro atoms. The average molecular weight is 263 g/mol. The molecule has 3 heteroatoms. The van der Waals surface area contributed by atoms with Gasteiger partial charge in [-0.1, -0.05) is 32.9 Å². The van der Waals surface area contributed by atoms with Crippen LogP contribution in [0.3, 0.4) is 0 Å². The third-order valence-corrected chi connectivity index (χ3v) is 3.53. The second-order valence-electron chi connectivity index (χ2n) is 5.78. The van der Waals surface area contributed by atoms with Crippen molar-refractivity contribution in [2.24, 2.45) is 5.41 Å². The summed E-state index contributed by atoms with van der Waals surface area (Å²) in [7, 11) is 1.67. The molecule has 1 N–H and O–H groups in total. The summed E-state index contributed by atoms with van der Waals surface area (Å²) in [5, 5.41) is 3.01. The SMILES string of the molecule is CCC(C)(C)CNC(=O)c1ccc(COC)cc1C. The largest absolute Gasteiger partial charge is 0.380 e. The van der Waals surface area contributed by atoms with Crippen molar-refractivity contribution in [2.75, 3.05) is 13.7 Å². The lowest BCUT2D eigenvalue weighted by Crippen LogP contribution is -2.33. The first-order valence-electron chi connectivity index (χ1n) is 6.76. The maximum Gasteiger partial charge on any atom is 0.251 e. The van der Waals surface area contributed by atoms with Gasteiger partial charge in [-0.25, -0.2) is 0 Å². The highest BCUT2D eigenvalue weighted by Gasteiger charge is 2.17. The van der Waals surface area contributed by atoms with E-state index in [1.807, 2.05) is 25.1 Å². The van der Waals surface area contributed by atoms with E-state index in [4.69, 9.17) is 4.74 Å². The molecule has 1 amide bonds. The first kappa shape index (κ1) is 15.7. The highest BCUT2D eigenvalue weighted by atomic mass is 16.5. The lowest BCUT2D eigenvalue weighted by molar-refractivity contribution is 0.0935. The van der Waals surface area contributed by atoms with Gasteiger partial charge in [-0.15, -0.1) is 0 Å². The fraction of sp³-hybridized carbons (Fsp3) is 0.562. The first-order chi connectivity index (χ1) is 8.89. The van der Waals surface area contributed by atoms with Crippen LogP contribution in [0.5, 0.6) is 0 Å². The Bertz CT molecular complexity index is 438. The van der Waals surface area contributed by atoms with E-state index in [1.54, 1.807) is 7.11 Å². The van der Waals surface area contributed by atoms with Crippen molar-refractivity contribution >= 4 is 5.91 Å². The maximum atomic E-state index is 12.2. The average Bonchev–Trinajstić information content (AvgIpc) is 2.37. The molecular weight excluding hydrogens is 238 g/mol. The Hall–Kier alpha value is -1.35. The third-order valence-electron chi connectivity index (χ3n) is 3.53. The van der Waals surface area contributed by atoms with Crippen LogP contribution in [0.2, 0.25) is 0 Å². The number of carbonyl (C=O) groups excluding carboxylic acids is 1. The Morgan fingerprint density at radius 1 is 1.37 bits per heavy atom. The zero-order valence-electron chi connectivity index (χ0n) is 12.7. The van der Waals surface area contributed by atoms with E-state index in [2.05, 4.69) is 26.1 Å². The molecule has 0 saturated carbocycles. The van der Waals surface area contributed by atoms with Crippen molar-refractivity contribution in [2.45, 2.75) is 40.7 Å². The Balaban J connectivity index is 2.72. The van der Waals surface area contributed by atoms with Crippen molar-refractivity contribution in [3.8, 4) is 0 Å². The van der Waals surface area contributed by atoms with Gasteiger partial charge in [-0.3, -0.25) is 4.79 Å². The number of methoxy groups -OCH3 is 1. The Morgan fingerprint density at radius 2 is 2.05 bits per heavy atom. The van der Waals surface area contributed by atoms with E-state index in [0.29, 0.717) is 13.2 Å². The van der Waals surface area contributed by atoms with Gasteiger partial charge in [0.1, 0.15) is 0 Å². The predicted molar refractivity (Wildman–Crippen MR) is 78.3 cm³/mol. The number of carbonyl (C=O) groups is 1.